The van der Waals surface area contributed by atoms with Gasteiger partial charge in [-0.3, -0.25) is 25.0 Å². The number of anilines is 1. The van der Waals surface area contributed by atoms with Gasteiger partial charge in [-0.05, 0) is 30.7 Å². The highest BCUT2D eigenvalue weighted by Gasteiger charge is 2.43. The Kier molecular flexibility index (Phi) is 4.70. The number of amides is 4. The van der Waals surface area contributed by atoms with Gasteiger partial charge in [0.05, 0.1) is 17.6 Å². The van der Waals surface area contributed by atoms with Crippen molar-refractivity contribution in [1.82, 2.24) is 10.6 Å². The lowest BCUT2D eigenvalue weighted by Crippen LogP contribution is -2.40. The number of hydrogen-bond acceptors (Lipinski definition) is 6. The summed E-state index contributed by atoms with van der Waals surface area (Å²) in [6.07, 6.45) is 0. The summed E-state index contributed by atoms with van der Waals surface area (Å²) < 4.78 is 5.10. The van der Waals surface area contributed by atoms with Crippen molar-refractivity contribution in [3.8, 4) is 5.75 Å². The maximum Gasteiger partial charge on any atom is 0.322 e. The van der Waals surface area contributed by atoms with Crippen LogP contribution in [-0.2, 0) is 10.3 Å². The fourth-order valence-corrected chi connectivity index (χ4v) is 2.84. The minimum absolute atomic E-state index is 0.0137. The molecule has 0 aliphatic carbocycles. The molecule has 1 saturated heterocycles. The molecule has 0 spiro atoms. The Morgan fingerprint density at radius 1 is 1.21 bits per heavy atom. The molecular weight excluding hydrogens is 368 g/mol. The lowest BCUT2D eigenvalue weighted by atomic mass is 9.92. The first-order valence-electron chi connectivity index (χ1n) is 8.12. The summed E-state index contributed by atoms with van der Waals surface area (Å²) in [5, 5.41) is 18.3. The predicted molar refractivity (Wildman–Crippen MR) is 98.1 cm³/mol. The second kappa shape index (κ2) is 6.99. The number of non-ortho nitro benzene ring substituents is 1. The lowest BCUT2D eigenvalue weighted by molar-refractivity contribution is -0.384. The zero-order valence-corrected chi connectivity index (χ0v) is 14.9. The smallest absolute Gasteiger partial charge is 0.322 e. The van der Waals surface area contributed by atoms with Crippen molar-refractivity contribution in [2.45, 2.75) is 12.5 Å². The molecule has 3 rings (SSSR count). The van der Waals surface area contributed by atoms with Crippen molar-refractivity contribution >= 4 is 29.2 Å². The summed E-state index contributed by atoms with van der Waals surface area (Å²) in [5.41, 5.74) is -0.746. The minimum atomic E-state index is -1.28. The van der Waals surface area contributed by atoms with Crippen molar-refractivity contribution in [1.29, 1.82) is 0 Å². The van der Waals surface area contributed by atoms with Crippen LogP contribution in [0, 0.1) is 10.1 Å². The fourth-order valence-electron chi connectivity index (χ4n) is 2.84. The van der Waals surface area contributed by atoms with Crippen molar-refractivity contribution in [3.63, 3.8) is 0 Å². The molecule has 1 unspecified atom stereocenters. The molecule has 1 aliphatic rings. The summed E-state index contributed by atoms with van der Waals surface area (Å²) in [6, 6.07) is 9.44. The van der Waals surface area contributed by atoms with E-state index in [-0.39, 0.29) is 17.0 Å². The summed E-state index contributed by atoms with van der Waals surface area (Å²) >= 11 is 0. The number of nitrogens with zero attached hydrogens (tertiary/aromatic N) is 1. The van der Waals surface area contributed by atoms with Crippen LogP contribution in [-0.4, -0.2) is 29.9 Å². The van der Waals surface area contributed by atoms with Gasteiger partial charge in [-0.25, -0.2) is 4.79 Å². The summed E-state index contributed by atoms with van der Waals surface area (Å²) in [6.45, 7) is 1.54. The Morgan fingerprint density at radius 3 is 2.57 bits per heavy atom. The molecule has 0 aromatic heterocycles. The highest BCUT2D eigenvalue weighted by atomic mass is 16.6. The van der Waals surface area contributed by atoms with E-state index in [0.717, 1.165) is 6.07 Å². The quantitative estimate of drug-likeness (QED) is 0.409. The van der Waals surface area contributed by atoms with E-state index in [4.69, 9.17) is 4.74 Å². The van der Waals surface area contributed by atoms with E-state index in [1.54, 1.807) is 18.2 Å². The van der Waals surface area contributed by atoms with Gasteiger partial charge in [0.25, 0.3) is 17.5 Å². The largest absolute Gasteiger partial charge is 0.496 e. The molecular formula is C18H16N4O6. The second-order valence-corrected chi connectivity index (χ2v) is 6.21. The third-order valence-corrected chi connectivity index (χ3v) is 4.38. The number of methoxy groups -OCH3 is 1. The molecule has 2 aromatic carbocycles. The number of urea groups is 1. The van der Waals surface area contributed by atoms with Crippen LogP contribution < -0.4 is 20.7 Å². The van der Waals surface area contributed by atoms with Crippen molar-refractivity contribution in [3.05, 3.63) is 63.7 Å². The Labute approximate surface area is 159 Å². The van der Waals surface area contributed by atoms with Gasteiger partial charge in [0.2, 0.25) is 0 Å². The van der Waals surface area contributed by atoms with Gasteiger partial charge in [0.1, 0.15) is 11.3 Å². The van der Waals surface area contributed by atoms with E-state index >= 15 is 0 Å². The Balaban J connectivity index is 1.90. The highest BCUT2D eigenvalue weighted by molar-refractivity contribution is 6.08. The lowest BCUT2D eigenvalue weighted by Gasteiger charge is -2.21. The molecule has 3 N–H and O–H groups in total. The third-order valence-electron chi connectivity index (χ3n) is 4.38. The minimum Gasteiger partial charge on any atom is -0.496 e. The molecule has 1 heterocycles. The van der Waals surface area contributed by atoms with Crippen LogP contribution in [0.25, 0.3) is 0 Å². The normalized spacial score (nSPS) is 18.2. The van der Waals surface area contributed by atoms with Crippen LogP contribution in [0.2, 0.25) is 0 Å². The summed E-state index contributed by atoms with van der Waals surface area (Å²) in [4.78, 5) is 46.6. The van der Waals surface area contributed by atoms with Crippen molar-refractivity contribution in [2.75, 3.05) is 12.4 Å². The molecule has 1 atom stereocenters. The van der Waals surface area contributed by atoms with E-state index in [0.29, 0.717) is 11.3 Å². The summed E-state index contributed by atoms with van der Waals surface area (Å²) in [5.74, 6) is -0.960. The average molecular weight is 384 g/mol. The van der Waals surface area contributed by atoms with Crippen LogP contribution in [0.1, 0.15) is 22.8 Å². The van der Waals surface area contributed by atoms with E-state index < -0.39 is 28.3 Å². The van der Waals surface area contributed by atoms with Crippen LogP contribution in [0.15, 0.2) is 42.5 Å². The Bertz CT molecular complexity index is 1010. The molecule has 144 valence electrons. The number of rotatable bonds is 5. The molecule has 10 nitrogen and oxygen atoms in total. The van der Waals surface area contributed by atoms with E-state index in [1.165, 1.54) is 32.2 Å². The molecule has 0 radical (unpaired) electrons. The third kappa shape index (κ3) is 3.34. The van der Waals surface area contributed by atoms with Crippen LogP contribution >= 0.6 is 0 Å². The van der Waals surface area contributed by atoms with Crippen LogP contribution in [0.4, 0.5) is 16.2 Å². The Hall–Kier alpha value is -3.95. The first-order valence-corrected chi connectivity index (χ1v) is 8.12. The summed E-state index contributed by atoms with van der Waals surface area (Å²) in [7, 11) is 1.35. The van der Waals surface area contributed by atoms with E-state index in [9.17, 15) is 24.5 Å². The van der Waals surface area contributed by atoms with Gasteiger partial charge in [-0.15, -0.1) is 0 Å². The zero-order chi connectivity index (χ0) is 20.5. The monoisotopic (exact) mass is 384 g/mol. The van der Waals surface area contributed by atoms with E-state index in [1.807, 2.05) is 0 Å². The number of ether oxygens (including phenoxy) is 1. The Morgan fingerprint density at radius 2 is 1.96 bits per heavy atom. The van der Waals surface area contributed by atoms with E-state index in [2.05, 4.69) is 16.0 Å². The van der Waals surface area contributed by atoms with Gasteiger partial charge < -0.3 is 15.4 Å². The molecule has 1 fully saturated rings. The number of carbonyl (C=O) groups is 3. The molecule has 1 aliphatic heterocycles. The number of imide groups is 1. The van der Waals surface area contributed by atoms with Gasteiger partial charge in [-0.1, -0.05) is 12.1 Å². The highest BCUT2D eigenvalue weighted by Crippen LogP contribution is 2.28. The first-order chi connectivity index (χ1) is 13.2. The van der Waals surface area contributed by atoms with Gasteiger partial charge in [0.15, 0.2) is 0 Å². The van der Waals surface area contributed by atoms with Crippen molar-refractivity contribution < 1.29 is 24.0 Å². The van der Waals surface area contributed by atoms with Gasteiger partial charge >= 0.3 is 6.03 Å². The van der Waals surface area contributed by atoms with Crippen LogP contribution in [0.3, 0.4) is 0 Å². The average Bonchev–Trinajstić information content (AvgIpc) is 2.94. The molecule has 0 bridgehead atoms. The molecule has 2 aromatic rings. The molecule has 10 heteroatoms. The van der Waals surface area contributed by atoms with Gasteiger partial charge in [-0.2, -0.15) is 0 Å². The number of benzene rings is 2. The number of hydrogen-bond donors (Lipinski definition) is 3. The molecule has 0 saturated carbocycles. The van der Waals surface area contributed by atoms with Gasteiger partial charge in [0, 0.05) is 17.8 Å². The fraction of sp³-hybridized carbons (Fsp3) is 0.167. The SMILES string of the molecule is COc1ccc([N+](=O)[O-])cc1C(=O)Nc1cccc(C2(C)NC(=O)NC2=O)c1. The standard InChI is InChI=1S/C18H16N4O6/c1-18(16(24)20-17(25)21-18)10-4-3-5-11(8-10)19-15(23)13-9-12(22(26)27)6-7-14(13)28-2/h3-9H,1-2H3,(H,19,23)(H2,20,21,24,25). The maximum atomic E-state index is 12.6. The van der Waals surface area contributed by atoms with Crippen molar-refractivity contribution in [2.24, 2.45) is 0 Å². The first kappa shape index (κ1) is 18.8. The second-order valence-electron chi connectivity index (χ2n) is 6.21. The number of nitro groups is 1. The molecule has 4 amide bonds. The predicted octanol–water partition coefficient (Wildman–Crippen LogP) is 1.91. The topological polar surface area (TPSA) is 140 Å². The maximum absolute atomic E-state index is 12.6. The number of nitrogens with one attached hydrogen (secondary N) is 3. The molecule has 28 heavy (non-hydrogen) atoms. The number of nitro benzene ring substituents is 1. The number of carbonyl (C=O) groups excluding carboxylic acids is 3. The van der Waals surface area contributed by atoms with Crippen LogP contribution in [0.5, 0.6) is 5.75 Å². The zero-order valence-electron chi connectivity index (χ0n) is 14.9.